The highest BCUT2D eigenvalue weighted by Crippen LogP contribution is 2.36. The molecule has 1 aliphatic heterocycles. The van der Waals surface area contributed by atoms with E-state index >= 15 is 0 Å². The zero-order chi connectivity index (χ0) is 16.4. The van der Waals surface area contributed by atoms with Crippen LogP contribution in [0.4, 0.5) is 0 Å². The molecule has 0 aliphatic carbocycles. The van der Waals surface area contributed by atoms with Crippen LogP contribution in [-0.2, 0) is 12.8 Å². The summed E-state index contributed by atoms with van der Waals surface area (Å²) in [5.74, 6) is 1.59. The van der Waals surface area contributed by atoms with Crippen molar-refractivity contribution >= 4 is 0 Å². The molecule has 1 heterocycles. The van der Waals surface area contributed by atoms with Crippen molar-refractivity contribution < 1.29 is 19.7 Å². The molecular formula is C18H21NO4. The Morgan fingerprint density at radius 1 is 1.09 bits per heavy atom. The van der Waals surface area contributed by atoms with Gasteiger partial charge in [-0.1, -0.05) is 0 Å². The minimum Gasteiger partial charge on any atom is -0.508 e. The molecule has 5 heteroatoms. The standard InChI is InChI=1S/C18H21NO4/c1-22-13-3-4-16(20)12(7-13)8-15-14-10-17(21)18(23-2)9-11(14)5-6-19-15/h3-4,7,9-10,15,19-21H,5-6,8H2,1-2H3/t15-/m0/s1. The summed E-state index contributed by atoms with van der Waals surface area (Å²) in [6.45, 7) is 0.844. The van der Waals surface area contributed by atoms with Gasteiger partial charge in [-0.25, -0.2) is 0 Å². The molecule has 0 saturated carbocycles. The maximum atomic E-state index is 10.1. The highest BCUT2D eigenvalue weighted by Gasteiger charge is 2.23. The van der Waals surface area contributed by atoms with Crippen molar-refractivity contribution in [1.29, 1.82) is 0 Å². The fourth-order valence-corrected chi connectivity index (χ4v) is 3.08. The summed E-state index contributed by atoms with van der Waals surface area (Å²) in [6, 6.07) is 8.88. The van der Waals surface area contributed by atoms with E-state index in [9.17, 15) is 10.2 Å². The molecule has 0 spiro atoms. The summed E-state index contributed by atoms with van der Waals surface area (Å²) in [4.78, 5) is 0. The summed E-state index contributed by atoms with van der Waals surface area (Å²) in [5.41, 5.74) is 3.01. The average molecular weight is 315 g/mol. The van der Waals surface area contributed by atoms with Gasteiger partial charge in [0.25, 0.3) is 0 Å². The summed E-state index contributed by atoms with van der Waals surface area (Å²) < 4.78 is 10.4. The van der Waals surface area contributed by atoms with Crippen LogP contribution in [-0.4, -0.2) is 31.0 Å². The molecule has 2 aromatic carbocycles. The van der Waals surface area contributed by atoms with Gasteiger partial charge in [-0.05, 0) is 66.4 Å². The van der Waals surface area contributed by atoms with Gasteiger partial charge in [-0.3, -0.25) is 0 Å². The van der Waals surface area contributed by atoms with E-state index in [1.165, 1.54) is 0 Å². The SMILES string of the molecule is COc1ccc(O)c(C[C@@H]2NCCc3cc(OC)c(O)cc32)c1. The zero-order valence-electron chi connectivity index (χ0n) is 13.3. The molecule has 0 fully saturated rings. The Bertz CT molecular complexity index is 714. The number of rotatable bonds is 4. The normalized spacial score (nSPS) is 16.7. The van der Waals surface area contributed by atoms with E-state index in [0.29, 0.717) is 17.9 Å². The zero-order valence-corrected chi connectivity index (χ0v) is 13.3. The number of nitrogens with one attached hydrogen (secondary N) is 1. The summed E-state index contributed by atoms with van der Waals surface area (Å²) in [5, 5.41) is 23.6. The van der Waals surface area contributed by atoms with Gasteiger partial charge >= 0.3 is 0 Å². The van der Waals surface area contributed by atoms with Crippen LogP contribution >= 0.6 is 0 Å². The largest absolute Gasteiger partial charge is 0.508 e. The van der Waals surface area contributed by atoms with E-state index in [1.54, 1.807) is 32.4 Å². The Balaban J connectivity index is 1.93. The van der Waals surface area contributed by atoms with Crippen LogP contribution in [0.1, 0.15) is 22.7 Å². The van der Waals surface area contributed by atoms with Crippen molar-refractivity contribution in [2.24, 2.45) is 0 Å². The molecule has 23 heavy (non-hydrogen) atoms. The fourth-order valence-electron chi connectivity index (χ4n) is 3.08. The van der Waals surface area contributed by atoms with Gasteiger partial charge in [0.05, 0.1) is 14.2 Å². The minimum atomic E-state index is 0.0218. The smallest absolute Gasteiger partial charge is 0.160 e. The molecule has 0 amide bonds. The molecule has 0 radical (unpaired) electrons. The Morgan fingerprint density at radius 3 is 2.65 bits per heavy atom. The first kappa shape index (κ1) is 15.5. The van der Waals surface area contributed by atoms with E-state index in [2.05, 4.69) is 5.32 Å². The van der Waals surface area contributed by atoms with E-state index in [0.717, 1.165) is 29.7 Å². The van der Waals surface area contributed by atoms with Crippen LogP contribution in [0.2, 0.25) is 0 Å². The molecule has 3 N–H and O–H groups in total. The topological polar surface area (TPSA) is 71.0 Å². The third-order valence-electron chi connectivity index (χ3n) is 4.31. The van der Waals surface area contributed by atoms with E-state index in [1.807, 2.05) is 12.1 Å². The van der Waals surface area contributed by atoms with Crippen LogP contribution in [0.25, 0.3) is 0 Å². The van der Waals surface area contributed by atoms with Gasteiger partial charge in [-0.15, -0.1) is 0 Å². The third kappa shape index (κ3) is 3.05. The molecule has 0 bridgehead atoms. The van der Waals surface area contributed by atoms with Gasteiger partial charge in [0.2, 0.25) is 0 Å². The fraction of sp³-hybridized carbons (Fsp3) is 0.333. The van der Waals surface area contributed by atoms with Crippen molar-refractivity contribution in [1.82, 2.24) is 5.32 Å². The number of hydrogen-bond acceptors (Lipinski definition) is 5. The number of ether oxygens (including phenoxy) is 2. The maximum Gasteiger partial charge on any atom is 0.160 e. The number of benzene rings is 2. The first-order valence-electron chi connectivity index (χ1n) is 7.61. The molecule has 1 aliphatic rings. The van der Waals surface area contributed by atoms with E-state index in [4.69, 9.17) is 9.47 Å². The predicted octanol–water partition coefficient (Wildman–Crippen LogP) is 2.54. The summed E-state index contributed by atoms with van der Waals surface area (Å²) in [7, 11) is 3.16. The Labute approximate surface area is 135 Å². The van der Waals surface area contributed by atoms with Gasteiger partial charge in [0.15, 0.2) is 11.5 Å². The van der Waals surface area contributed by atoms with Gasteiger partial charge in [-0.2, -0.15) is 0 Å². The van der Waals surface area contributed by atoms with Crippen molar-refractivity contribution in [3.05, 3.63) is 47.0 Å². The van der Waals surface area contributed by atoms with Crippen molar-refractivity contribution in [2.75, 3.05) is 20.8 Å². The Hall–Kier alpha value is -2.40. The highest BCUT2D eigenvalue weighted by atomic mass is 16.5. The number of fused-ring (bicyclic) bond motifs is 1. The molecule has 1 atom stereocenters. The monoisotopic (exact) mass is 315 g/mol. The molecule has 0 aromatic heterocycles. The number of aromatic hydroxyl groups is 2. The molecule has 2 aromatic rings. The Morgan fingerprint density at radius 2 is 1.91 bits per heavy atom. The lowest BCUT2D eigenvalue weighted by atomic mass is 9.89. The number of phenolic OH excluding ortho intramolecular Hbond substituents is 2. The third-order valence-corrected chi connectivity index (χ3v) is 4.31. The number of hydrogen-bond donors (Lipinski definition) is 3. The van der Waals surface area contributed by atoms with Crippen LogP contribution < -0.4 is 14.8 Å². The van der Waals surface area contributed by atoms with Crippen LogP contribution in [0, 0.1) is 0 Å². The van der Waals surface area contributed by atoms with Gasteiger partial charge < -0.3 is 25.0 Å². The molecule has 122 valence electrons. The van der Waals surface area contributed by atoms with E-state index in [-0.39, 0.29) is 17.5 Å². The minimum absolute atomic E-state index is 0.0218. The van der Waals surface area contributed by atoms with E-state index < -0.39 is 0 Å². The lowest BCUT2D eigenvalue weighted by Gasteiger charge is -2.28. The Kier molecular flexibility index (Phi) is 4.30. The van der Waals surface area contributed by atoms with Crippen LogP contribution in [0.5, 0.6) is 23.0 Å². The number of phenols is 2. The second-order valence-electron chi connectivity index (χ2n) is 5.68. The molecule has 3 rings (SSSR count). The quantitative estimate of drug-likeness (QED) is 0.809. The highest BCUT2D eigenvalue weighted by molar-refractivity contribution is 5.49. The summed E-state index contributed by atoms with van der Waals surface area (Å²) in [6.07, 6.45) is 1.49. The lowest BCUT2D eigenvalue weighted by Crippen LogP contribution is -2.31. The van der Waals surface area contributed by atoms with Crippen molar-refractivity contribution in [3.63, 3.8) is 0 Å². The predicted molar refractivity (Wildman–Crippen MR) is 87.5 cm³/mol. The first-order chi connectivity index (χ1) is 11.1. The first-order valence-corrected chi connectivity index (χ1v) is 7.61. The second kappa shape index (κ2) is 6.38. The number of methoxy groups -OCH3 is 2. The van der Waals surface area contributed by atoms with Crippen LogP contribution in [0.3, 0.4) is 0 Å². The molecule has 0 unspecified atom stereocenters. The van der Waals surface area contributed by atoms with Gasteiger partial charge in [0.1, 0.15) is 11.5 Å². The van der Waals surface area contributed by atoms with Crippen molar-refractivity contribution in [2.45, 2.75) is 18.9 Å². The molecular weight excluding hydrogens is 294 g/mol. The average Bonchev–Trinajstić information content (AvgIpc) is 2.56. The maximum absolute atomic E-state index is 10.1. The molecule has 5 nitrogen and oxygen atoms in total. The van der Waals surface area contributed by atoms with Crippen molar-refractivity contribution in [3.8, 4) is 23.0 Å². The second-order valence-corrected chi connectivity index (χ2v) is 5.68. The lowest BCUT2D eigenvalue weighted by molar-refractivity contribution is 0.370. The molecule has 0 saturated heterocycles. The summed E-state index contributed by atoms with van der Waals surface area (Å²) >= 11 is 0. The van der Waals surface area contributed by atoms with Gasteiger partial charge in [0, 0.05) is 6.04 Å². The van der Waals surface area contributed by atoms with Crippen LogP contribution in [0.15, 0.2) is 30.3 Å².